The molecule has 0 aromatic heterocycles. The van der Waals surface area contributed by atoms with Gasteiger partial charge in [-0.25, -0.2) is 4.79 Å². The summed E-state index contributed by atoms with van der Waals surface area (Å²) in [4.78, 5) is 29.5. The Morgan fingerprint density at radius 3 is 2.00 bits per heavy atom. The second-order valence-corrected chi connectivity index (χ2v) is 7.06. The highest BCUT2D eigenvalue weighted by atomic mass is 127. The van der Waals surface area contributed by atoms with E-state index in [0.717, 1.165) is 9.79 Å². The number of carbonyl (C=O) groups excluding carboxylic acids is 2. The number of halogens is 1. The van der Waals surface area contributed by atoms with Crippen LogP contribution in [0.4, 0.5) is 0 Å². The lowest BCUT2D eigenvalue weighted by atomic mass is 10.1. The van der Waals surface area contributed by atoms with Gasteiger partial charge in [0.2, 0.25) is 5.78 Å². The molecule has 0 heterocycles. The Bertz CT molecular complexity index is 739. The summed E-state index contributed by atoms with van der Waals surface area (Å²) in [7, 11) is 0. The van der Waals surface area contributed by atoms with Gasteiger partial charge < -0.3 is 4.84 Å². The molecule has 0 unspecified atom stereocenters. The van der Waals surface area contributed by atoms with Crippen LogP contribution >= 0.6 is 34.4 Å². The summed E-state index contributed by atoms with van der Waals surface area (Å²) in [6.45, 7) is 2.75. The average Bonchev–Trinajstić information content (AvgIpc) is 2.55. The van der Waals surface area contributed by atoms with E-state index in [9.17, 15) is 9.59 Å². The first kappa shape index (κ1) is 17.7. The van der Waals surface area contributed by atoms with E-state index in [4.69, 9.17) is 0 Å². The highest BCUT2D eigenvalue weighted by molar-refractivity contribution is 14.1. The summed E-state index contributed by atoms with van der Waals surface area (Å²) in [5, 5.41) is 3.51. The molecule has 0 aliphatic heterocycles. The van der Waals surface area contributed by atoms with E-state index in [1.54, 1.807) is 23.9 Å². The van der Waals surface area contributed by atoms with Gasteiger partial charge in [-0.2, -0.15) is 0 Å². The predicted octanol–water partition coefficient (Wildman–Crippen LogP) is 4.56. The number of Topliss-reactive ketones (excluding diaryl/α,β-unsaturated/α-hetero) is 1. The van der Waals surface area contributed by atoms with Crippen LogP contribution in [0.3, 0.4) is 0 Å². The Hall–Kier alpha value is -1.67. The van der Waals surface area contributed by atoms with Gasteiger partial charge in [0.1, 0.15) is 5.71 Å². The normalized spacial score (nSPS) is 11.2. The van der Waals surface area contributed by atoms with Gasteiger partial charge in [0.25, 0.3) is 0 Å². The van der Waals surface area contributed by atoms with E-state index in [1.165, 1.54) is 17.4 Å². The molecule has 0 atom stereocenters. The molecule has 0 saturated carbocycles. The van der Waals surface area contributed by atoms with Crippen LogP contribution < -0.4 is 0 Å². The SMILES string of the molecule is CC(=O)O/N=C(\C)C(=O)c1ccc(Sc2ccc(I)cc2)cc1. The van der Waals surface area contributed by atoms with Crippen LogP contribution in [0.25, 0.3) is 0 Å². The third kappa shape index (κ3) is 5.47. The Morgan fingerprint density at radius 2 is 1.48 bits per heavy atom. The molecule has 4 nitrogen and oxygen atoms in total. The van der Waals surface area contributed by atoms with Crippen molar-refractivity contribution in [3.63, 3.8) is 0 Å². The zero-order chi connectivity index (χ0) is 16.8. The average molecular weight is 439 g/mol. The highest BCUT2D eigenvalue weighted by Crippen LogP contribution is 2.28. The molecule has 0 N–H and O–H groups in total. The van der Waals surface area contributed by atoms with Crippen molar-refractivity contribution in [3.8, 4) is 0 Å². The van der Waals surface area contributed by atoms with Gasteiger partial charge in [-0.3, -0.25) is 4.79 Å². The smallest absolute Gasteiger partial charge is 0.318 e. The first-order chi connectivity index (χ1) is 11.0. The fourth-order valence-corrected chi connectivity index (χ4v) is 2.87. The summed E-state index contributed by atoms with van der Waals surface area (Å²) in [5.74, 6) is -0.821. The number of carbonyl (C=O) groups is 2. The molecular weight excluding hydrogens is 425 g/mol. The fourth-order valence-electron chi connectivity index (χ4n) is 1.70. The number of oxime groups is 1. The van der Waals surface area contributed by atoms with Crippen molar-refractivity contribution in [2.45, 2.75) is 23.6 Å². The number of nitrogens with zero attached hydrogens (tertiary/aromatic N) is 1. The highest BCUT2D eigenvalue weighted by Gasteiger charge is 2.11. The van der Waals surface area contributed by atoms with Crippen LogP contribution in [-0.4, -0.2) is 17.5 Å². The standard InChI is InChI=1S/C17H14INO3S/c1-11(19-22-12(2)20)17(21)13-3-7-15(8-4-13)23-16-9-5-14(18)6-10-16/h3-10H,1-2H3/b19-11+. The zero-order valence-corrected chi connectivity index (χ0v) is 15.6. The molecule has 2 rings (SSSR count). The minimum Gasteiger partial charge on any atom is -0.318 e. The molecule has 0 amide bonds. The molecule has 23 heavy (non-hydrogen) atoms. The Kier molecular flexibility index (Phi) is 6.35. The van der Waals surface area contributed by atoms with Gasteiger partial charge in [0.05, 0.1) is 0 Å². The van der Waals surface area contributed by atoms with Crippen LogP contribution in [0.2, 0.25) is 0 Å². The van der Waals surface area contributed by atoms with Crippen LogP contribution in [0, 0.1) is 3.57 Å². The summed E-state index contributed by atoms with van der Waals surface area (Å²) < 4.78 is 1.19. The molecule has 0 bridgehead atoms. The zero-order valence-electron chi connectivity index (χ0n) is 12.6. The maximum absolute atomic E-state index is 12.1. The van der Waals surface area contributed by atoms with Crippen LogP contribution in [0.15, 0.2) is 63.5 Å². The number of rotatable bonds is 5. The maximum Gasteiger partial charge on any atom is 0.331 e. The van der Waals surface area contributed by atoms with E-state index >= 15 is 0 Å². The van der Waals surface area contributed by atoms with Crippen molar-refractivity contribution >= 4 is 51.8 Å². The third-order valence-electron chi connectivity index (χ3n) is 2.81. The molecule has 2 aromatic rings. The van der Waals surface area contributed by atoms with Gasteiger partial charge in [-0.15, -0.1) is 0 Å². The number of hydrogen-bond donors (Lipinski definition) is 0. The first-order valence-electron chi connectivity index (χ1n) is 6.76. The second-order valence-electron chi connectivity index (χ2n) is 4.67. The van der Waals surface area contributed by atoms with Crippen molar-refractivity contribution in [3.05, 3.63) is 57.7 Å². The van der Waals surface area contributed by atoms with E-state index in [0.29, 0.717) is 5.56 Å². The second kappa shape index (κ2) is 8.26. The fraction of sp³-hybridized carbons (Fsp3) is 0.118. The van der Waals surface area contributed by atoms with E-state index in [2.05, 4.69) is 56.8 Å². The van der Waals surface area contributed by atoms with Crippen molar-refractivity contribution in [2.24, 2.45) is 5.16 Å². The summed E-state index contributed by atoms with van der Waals surface area (Å²) in [6.07, 6.45) is 0. The van der Waals surface area contributed by atoms with Crippen molar-refractivity contribution < 1.29 is 14.4 Å². The summed E-state index contributed by atoms with van der Waals surface area (Å²) in [6, 6.07) is 15.5. The minimum absolute atomic E-state index is 0.137. The molecule has 118 valence electrons. The van der Waals surface area contributed by atoms with E-state index < -0.39 is 5.97 Å². The molecule has 0 spiro atoms. The monoisotopic (exact) mass is 439 g/mol. The molecule has 0 saturated heterocycles. The van der Waals surface area contributed by atoms with Gasteiger partial charge in [-0.1, -0.05) is 16.9 Å². The van der Waals surface area contributed by atoms with Gasteiger partial charge >= 0.3 is 5.97 Å². The van der Waals surface area contributed by atoms with Crippen molar-refractivity contribution in [1.29, 1.82) is 0 Å². The molecule has 6 heteroatoms. The Balaban J connectivity index is 2.06. The lowest BCUT2D eigenvalue weighted by Gasteiger charge is -2.04. The Morgan fingerprint density at radius 1 is 0.957 bits per heavy atom. The lowest BCUT2D eigenvalue weighted by molar-refractivity contribution is -0.140. The Labute approximate surface area is 152 Å². The molecule has 2 aromatic carbocycles. The van der Waals surface area contributed by atoms with Gasteiger partial charge in [0.15, 0.2) is 0 Å². The van der Waals surface area contributed by atoms with Gasteiger partial charge in [0, 0.05) is 25.8 Å². The molecule has 0 aliphatic carbocycles. The molecular formula is C17H14INO3S. The number of hydrogen-bond acceptors (Lipinski definition) is 5. The lowest BCUT2D eigenvalue weighted by Crippen LogP contribution is -2.11. The first-order valence-corrected chi connectivity index (χ1v) is 8.65. The van der Waals surface area contributed by atoms with Crippen LogP contribution in [-0.2, 0) is 9.63 Å². The van der Waals surface area contributed by atoms with E-state index in [1.807, 2.05) is 12.1 Å². The quantitative estimate of drug-likeness (QED) is 0.225. The minimum atomic E-state index is -0.554. The largest absolute Gasteiger partial charge is 0.331 e. The summed E-state index contributed by atoms with van der Waals surface area (Å²) in [5.41, 5.74) is 0.642. The van der Waals surface area contributed by atoms with Crippen molar-refractivity contribution in [2.75, 3.05) is 0 Å². The number of ketones is 1. The molecule has 0 fully saturated rings. The molecule has 0 radical (unpaired) electrons. The van der Waals surface area contributed by atoms with Crippen LogP contribution in [0.5, 0.6) is 0 Å². The third-order valence-corrected chi connectivity index (χ3v) is 4.54. The van der Waals surface area contributed by atoms with Gasteiger partial charge in [-0.05, 0) is 78.0 Å². The topological polar surface area (TPSA) is 55.7 Å². The summed E-state index contributed by atoms with van der Waals surface area (Å²) >= 11 is 3.89. The van der Waals surface area contributed by atoms with E-state index in [-0.39, 0.29) is 11.5 Å². The number of benzene rings is 2. The van der Waals surface area contributed by atoms with Crippen LogP contribution in [0.1, 0.15) is 24.2 Å². The molecule has 0 aliphatic rings. The van der Waals surface area contributed by atoms with Crippen molar-refractivity contribution in [1.82, 2.24) is 0 Å². The maximum atomic E-state index is 12.1. The predicted molar refractivity (Wildman–Crippen MR) is 98.9 cm³/mol.